The van der Waals surface area contributed by atoms with Gasteiger partial charge >= 0.3 is 6.03 Å². The highest BCUT2D eigenvalue weighted by Gasteiger charge is 2.22. The van der Waals surface area contributed by atoms with Crippen LogP contribution in [0, 0.1) is 6.92 Å². The number of rotatable bonds is 5. The molecule has 0 unspecified atom stereocenters. The Labute approximate surface area is 176 Å². The summed E-state index contributed by atoms with van der Waals surface area (Å²) in [6.07, 6.45) is 0.903. The van der Waals surface area contributed by atoms with Crippen molar-refractivity contribution in [3.05, 3.63) is 59.7 Å². The number of carbonyl (C=O) groups is 1. The molecule has 0 saturated carbocycles. The normalized spacial score (nSPS) is 15.7. The summed E-state index contributed by atoms with van der Waals surface area (Å²) in [4.78, 5) is 14.4. The van der Waals surface area contributed by atoms with E-state index in [4.69, 9.17) is 9.47 Å². The van der Waals surface area contributed by atoms with Crippen molar-refractivity contribution in [1.82, 2.24) is 10.2 Å². The fourth-order valence-corrected chi connectivity index (χ4v) is 3.63. The number of amides is 2. The number of urea groups is 1. The van der Waals surface area contributed by atoms with Crippen molar-refractivity contribution < 1.29 is 19.4 Å². The molecule has 0 aliphatic carbocycles. The summed E-state index contributed by atoms with van der Waals surface area (Å²) >= 11 is 0. The number of anilines is 1. The van der Waals surface area contributed by atoms with E-state index in [-0.39, 0.29) is 18.9 Å². The van der Waals surface area contributed by atoms with E-state index in [9.17, 15) is 9.90 Å². The maximum Gasteiger partial charge on any atom is 0.321 e. The van der Waals surface area contributed by atoms with Crippen molar-refractivity contribution in [2.45, 2.75) is 32.4 Å². The average molecular weight is 409 g/mol. The molecule has 158 valence electrons. The van der Waals surface area contributed by atoms with Gasteiger partial charge < -0.3 is 30.1 Å². The maximum absolute atomic E-state index is 12.7. The van der Waals surface area contributed by atoms with Crippen LogP contribution in [0.15, 0.2) is 43.0 Å². The highest BCUT2D eigenvalue weighted by atomic mass is 16.7. The molecule has 30 heavy (non-hydrogen) atoms. The number of hydrogen-bond acceptors (Lipinski definition) is 5. The van der Waals surface area contributed by atoms with Crippen molar-refractivity contribution in [2.75, 3.05) is 25.2 Å². The van der Waals surface area contributed by atoms with E-state index in [1.165, 1.54) is 0 Å². The third-order valence-corrected chi connectivity index (χ3v) is 5.44. The number of aliphatic hydroxyl groups is 1. The van der Waals surface area contributed by atoms with Gasteiger partial charge in [0.25, 0.3) is 0 Å². The molecule has 7 nitrogen and oxygen atoms in total. The number of fused-ring (bicyclic) bond motifs is 1. The minimum absolute atomic E-state index is 0.157. The Balaban J connectivity index is 1.43. The molecular formula is C23H27N3O4. The summed E-state index contributed by atoms with van der Waals surface area (Å²) in [6.45, 7) is 8.11. The minimum Gasteiger partial charge on any atom is -0.454 e. The molecule has 0 radical (unpaired) electrons. The Morgan fingerprint density at radius 3 is 2.73 bits per heavy atom. The Bertz CT molecular complexity index is 951. The van der Waals surface area contributed by atoms with E-state index in [1.54, 1.807) is 4.90 Å². The number of ether oxygens (including phenoxy) is 2. The van der Waals surface area contributed by atoms with Crippen molar-refractivity contribution in [2.24, 2.45) is 0 Å². The molecule has 2 aliphatic rings. The first-order valence-corrected chi connectivity index (χ1v) is 10.2. The van der Waals surface area contributed by atoms with Gasteiger partial charge in [-0.05, 0) is 49.6 Å². The lowest BCUT2D eigenvalue weighted by Gasteiger charge is -2.30. The van der Waals surface area contributed by atoms with Crippen LogP contribution in [0.25, 0.3) is 5.70 Å². The Kier molecular flexibility index (Phi) is 5.81. The lowest BCUT2D eigenvalue weighted by molar-refractivity contribution is 0.0972. The maximum atomic E-state index is 12.7. The smallest absolute Gasteiger partial charge is 0.321 e. The number of piperidine rings is 1. The number of nitrogens with one attached hydrogen (secondary N) is 2. The second-order valence-electron chi connectivity index (χ2n) is 7.72. The zero-order valence-electron chi connectivity index (χ0n) is 17.1. The minimum atomic E-state index is -0.316. The van der Waals surface area contributed by atoms with Crippen LogP contribution >= 0.6 is 0 Å². The van der Waals surface area contributed by atoms with Gasteiger partial charge in [0.15, 0.2) is 11.5 Å². The molecule has 0 spiro atoms. The highest BCUT2D eigenvalue weighted by Crippen LogP contribution is 2.32. The fourth-order valence-electron chi connectivity index (χ4n) is 3.63. The van der Waals surface area contributed by atoms with E-state index in [0.29, 0.717) is 38.2 Å². The molecule has 0 aromatic heterocycles. The molecule has 1 fully saturated rings. The quantitative estimate of drug-likeness (QED) is 0.704. The number of nitrogens with zero attached hydrogens (tertiary/aromatic N) is 1. The first-order chi connectivity index (χ1) is 14.5. The molecular weight excluding hydrogens is 382 g/mol. The zero-order valence-corrected chi connectivity index (χ0v) is 17.1. The van der Waals surface area contributed by atoms with Gasteiger partial charge in [-0.25, -0.2) is 4.79 Å². The summed E-state index contributed by atoms with van der Waals surface area (Å²) in [6, 6.07) is 11.5. The molecule has 0 bridgehead atoms. The van der Waals surface area contributed by atoms with Crippen molar-refractivity contribution in [3.8, 4) is 11.5 Å². The summed E-state index contributed by atoms with van der Waals surface area (Å²) in [5, 5.41) is 16.0. The Morgan fingerprint density at radius 2 is 1.93 bits per heavy atom. The van der Waals surface area contributed by atoms with Crippen molar-refractivity contribution >= 4 is 17.4 Å². The van der Waals surface area contributed by atoms with Gasteiger partial charge in [-0.1, -0.05) is 24.3 Å². The molecule has 4 rings (SSSR count). The van der Waals surface area contributed by atoms with Gasteiger partial charge in [0.2, 0.25) is 6.79 Å². The number of likely N-dealkylation sites (tertiary alicyclic amines) is 1. The third-order valence-electron chi connectivity index (χ3n) is 5.44. The third kappa shape index (κ3) is 4.52. The second kappa shape index (κ2) is 8.67. The number of aliphatic hydroxyl groups excluding tert-OH is 1. The molecule has 0 atom stereocenters. The fraction of sp³-hybridized carbons (Fsp3) is 0.348. The topological polar surface area (TPSA) is 83.1 Å². The molecule has 7 heteroatoms. The van der Waals surface area contributed by atoms with Crippen LogP contribution < -0.4 is 20.1 Å². The van der Waals surface area contributed by atoms with Crippen molar-refractivity contribution in [3.63, 3.8) is 0 Å². The molecule has 2 amide bonds. The standard InChI is InChI=1S/C23H27N3O4/c1-15-3-5-20(25-23(28)26-9-7-18(27)8-10-26)19(11-15)16(2)24-13-17-4-6-21-22(12-17)30-14-29-21/h3-6,11-12,18,24,27H,2,7-10,13-14H2,1H3,(H,25,28). The van der Waals surface area contributed by atoms with Crippen LogP contribution in [-0.4, -0.2) is 42.0 Å². The monoisotopic (exact) mass is 409 g/mol. The predicted molar refractivity (Wildman–Crippen MR) is 115 cm³/mol. The number of hydrogen-bond donors (Lipinski definition) is 3. The van der Waals surface area contributed by atoms with E-state index < -0.39 is 0 Å². The lowest BCUT2D eigenvalue weighted by atomic mass is 10.1. The van der Waals surface area contributed by atoms with Gasteiger partial charge in [0.1, 0.15) is 0 Å². The number of aryl methyl sites for hydroxylation is 1. The largest absolute Gasteiger partial charge is 0.454 e. The second-order valence-corrected chi connectivity index (χ2v) is 7.72. The Hall–Kier alpha value is -3.19. The summed E-state index contributed by atoms with van der Waals surface area (Å²) in [5.74, 6) is 1.50. The van der Waals surface area contributed by atoms with Crippen LogP contribution in [0.3, 0.4) is 0 Å². The van der Waals surface area contributed by atoms with Crippen LogP contribution in [0.4, 0.5) is 10.5 Å². The van der Waals surface area contributed by atoms with Gasteiger partial charge in [0, 0.05) is 30.9 Å². The first kappa shape index (κ1) is 20.1. The van der Waals surface area contributed by atoms with Crippen LogP contribution in [0.5, 0.6) is 11.5 Å². The zero-order chi connectivity index (χ0) is 21.1. The molecule has 2 heterocycles. The van der Waals surface area contributed by atoms with Crippen LogP contribution in [-0.2, 0) is 6.54 Å². The van der Waals surface area contributed by atoms with Crippen molar-refractivity contribution in [1.29, 1.82) is 0 Å². The molecule has 3 N–H and O–H groups in total. The van der Waals surface area contributed by atoms with Crippen LogP contribution in [0.2, 0.25) is 0 Å². The van der Waals surface area contributed by atoms with Gasteiger partial charge in [-0.15, -0.1) is 0 Å². The van der Waals surface area contributed by atoms with Gasteiger partial charge in [0.05, 0.1) is 11.8 Å². The summed E-state index contributed by atoms with van der Waals surface area (Å²) in [5.41, 5.74) is 4.41. The average Bonchev–Trinajstić information content (AvgIpc) is 3.21. The predicted octanol–water partition coefficient (Wildman–Crippen LogP) is 3.47. The number of carbonyl (C=O) groups excluding carboxylic acids is 1. The van der Waals surface area contributed by atoms with Gasteiger partial charge in [-0.3, -0.25) is 0 Å². The Morgan fingerprint density at radius 1 is 1.17 bits per heavy atom. The molecule has 1 saturated heterocycles. The molecule has 2 aromatic carbocycles. The van der Waals surface area contributed by atoms with E-state index in [0.717, 1.165) is 33.9 Å². The number of benzene rings is 2. The molecule has 2 aromatic rings. The van der Waals surface area contributed by atoms with E-state index >= 15 is 0 Å². The SMILES string of the molecule is C=C(NCc1ccc2c(c1)OCO2)c1cc(C)ccc1NC(=O)N1CCC(O)CC1. The molecule has 2 aliphatic heterocycles. The van der Waals surface area contributed by atoms with Crippen LogP contribution in [0.1, 0.15) is 29.5 Å². The first-order valence-electron chi connectivity index (χ1n) is 10.2. The highest BCUT2D eigenvalue weighted by molar-refractivity contribution is 5.93. The van der Waals surface area contributed by atoms with Gasteiger partial charge in [-0.2, -0.15) is 0 Å². The van der Waals surface area contributed by atoms with E-state index in [2.05, 4.69) is 17.2 Å². The lowest BCUT2D eigenvalue weighted by Crippen LogP contribution is -2.42. The van der Waals surface area contributed by atoms with E-state index in [1.807, 2.05) is 43.3 Å². The summed E-state index contributed by atoms with van der Waals surface area (Å²) in [7, 11) is 0. The summed E-state index contributed by atoms with van der Waals surface area (Å²) < 4.78 is 10.8.